The number of nitrogens with one attached hydrogen (secondary N) is 1. The van der Waals surface area contributed by atoms with Gasteiger partial charge in [-0.3, -0.25) is 4.79 Å². The molecule has 0 aromatic carbocycles. The van der Waals surface area contributed by atoms with Crippen molar-refractivity contribution in [1.82, 2.24) is 5.32 Å². The van der Waals surface area contributed by atoms with Crippen LogP contribution in [0.1, 0.15) is 32.1 Å². The lowest BCUT2D eigenvalue weighted by Gasteiger charge is -2.14. The average Bonchev–Trinajstić information content (AvgIpc) is 2.53. The summed E-state index contributed by atoms with van der Waals surface area (Å²) in [5.74, 6) is 0.585. The van der Waals surface area contributed by atoms with Crippen LogP contribution < -0.4 is 5.32 Å². The molecule has 1 heterocycles. The molecule has 1 saturated carbocycles. The van der Waals surface area contributed by atoms with E-state index >= 15 is 0 Å². The zero-order chi connectivity index (χ0) is 8.39. The van der Waals surface area contributed by atoms with Crippen LogP contribution in [0.25, 0.3) is 0 Å². The Morgan fingerprint density at radius 2 is 1.92 bits per heavy atom. The van der Waals surface area contributed by atoms with Crippen molar-refractivity contribution in [3.05, 3.63) is 11.3 Å². The van der Waals surface area contributed by atoms with E-state index in [0.29, 0.717) is 12.5 Å². The molecule has 0 aromatic heterocycles. The third kappa shape index (κ3) is 1.31. The molecule has 3 heteroatoms. The Kier molecular flexibility index (Phi) is 2.02. The van der Waals surface area contributed by atoms with Crippen LogP contribution >= 0.6 is 0 Å². The van der Waals surface area contributed by atoms with Crippen LogP contribution in [0.2, 0.25) is 0 Å². The molecule has 1 aliphatic carbocycles. The second kappa shape index (κ2) is 3.17. The van der Waals surface area contributed by atoms with E-state index in [2.05, 4.69) is 5.32 Å². The number of amides is 1. The van der Waals surface area contributed by atoms with Gasteiger partial charge in [0.15, 0.2) is 12.5 Å². The monoisotopic (exact) mass is 167 g/mol. The molecule has 0 spiro atoms. The molecule has 3 nitrogen and oxygen atoms in total. The van der Waals surface area contributed by atoms with Crippen LogP contribution in [-0.4, -0.2) is 12.6 Å². The molecule has 2 rings (SSSR count). The summed E-state index contributed by atoms with van der Waals surface area (Å²) in [5, 5.41) is 2.65. The molecule has 0 radical (unpaired) electrons. The van der Waals surface area contributed by atoms with Gasteiger partial charge < -0.3 is 10.1 Å². The predicted octanol–water partition coefficient (Wildman–Crippen LogP) is 1.31. The van der Waals surface area contributed by atoms with E-state index in [4.69, 9.17) is 4.74 Å². The fraction of sp³-hybridized carbons (Fsp3) is 0.667. The number of hydrogen-bond acceptors (Lipinski definition) is 2. The molecule has 1 saturated heterocycles. The van der Waals surface area contributed by atoms with Crippen molar-refractivity contribution < 1.29 is 9.53 Å². The highest BCUT2D eigenvalue weighted by Crippen LogP contribution is 2.27. The maximum Gasteiger partial charge on any atom is 0.288 e. The van der Waals surface area contributed by atoms with Crippen molar-refractivity contribution in [2.75, 3.05) is 6.73 Å². The van der Waals surface area contributed by atoms with Gasteiger partial charge in [-0.05, 0) is 31.3 Å². The number of carbonyl (C=O) groups is 1. The Morgan fingerprint density at radius 3 is 2.50 bits per heavy atom. The summed E-state index contributed by atoms with van der Waals surface area (Å²) < 4.78 is 5.22. The van der Waals surface area contributed by atoms with Crippen LogP contribution in [0.3, 0.4) is 0 Å². The standard InChI is InChI=1S/C9H13NO2/c11-9-8(12-6-10-9)7-4-2-1-3-5-7/h1-6H2,(H,10,11). The van der Waals surface area contributed by atoms with Gasteiger partial charge >= 0.3 is 0 Å². The zero-order valence-corrected chi connectivity index (χ0v) is 7.06. The Bertz CT molecular complexity index is 225. The van der Waals surface area contributed by atoms with E-state index in [1.165, 1.54) is 24.8 Å². The summed E-state index contributed by atoms with van der Waals surface area (Å²) in [6.07, 6.45) is 5.79. The fourth-order valence-corrected chi connectivity index (χ4v) is 1.79. The molecule has 12 heavy (non-hydrogen) atoms. The molecule has 66 valence electrons. The molecule has 1 N–H and O–H groups in total. The van der Waals surface area contributed by atoms with Gasteiger partial charge in [0.05, 0.1) is 0 Å². The molecule has 2 aliphatic rings. The van der Waals surface area contributed by atoms with Crippen molar-refractivity contribution in [3.63, 3.8) is 0 Å². The Balaban J connectivity index is 2.16. The molecule has 0 atom stereocenters. The zero-order valence-electron chi connectivity index (χ0n) is 7.06. The summed E-state index contributed by atoms with van der Waals surface area (Å²) in [5.41, 5.74) is 1.22. The molecule has 0 unspecified atom stereocenters. The Morgan fingerprint density at radius 1 is 1.17 bits per heavy atom. The molecular formula is C9H13NO2. The topological polar surface area (TPSA) is 38.3 Å². The third-order valence-electron chi connectivity index (χ3n) is 2.43. The smallest absolute Gasteiger partial charge is 0.288 e. The highest BCUT2D eigenvalue weighted by Gasteiger charge is 2.23. The van der Waals surface area contributed by atoms with Gasteiger partial charge in [-0.2, -0.15) is 0 Å². The van der Waals surface area contributed by atoms with E-state index in [9.17, 15) is 4.79 Å². The number of hydrogen-bond donors (Lipinski definition) is 1. The maximum atomic E-state index is 11.2. The molecule has 0 aromatic rings. The average molecular weight is 167 g/mol. The van der Waals surface area contributed by atoms with Crippen molar-refractivity contribution in [3.8, 4) is 0 Å². The lowest BCUT2D eigenvalue weighted by Crippen LogP contribution is -2.15. The van der Waals surface area contributed by atoms with Gasteiger partial charge in [0.1, 0.15) is 0 Å². The molecule has 1 aliphatic heterocycles. The van der Waals surface area contributed by atoms with Crippen molar-refractivity contribution in [1.29, 1.82) is 0 Å². The highest BCUT2D eigenvalue weighted by molar-refractivity contribution is 5.93. The van der Waals surface area contributed by atoms with Gasteiger partial charge in [0.2, 0.25) is 0 Å². The first-order valence-electron chi connectivity index (χ1n) is 4.51. The second-order valence-corrected chi connectivity index (χ2v) is 3.29. The summed E-state index contributed by atoms with van der Waals surface area (Å²) >= 11 is 0. The van der Waals surface area contributed by atoms with Crippen LogP contribution in [0, 0.1) is 0 Å². The number of ether oxygens (including phenoxy) is 1. The van der Waals surface area contributed by atoms with Crippen molar-refractivity contribution >= 4 is 5.91 Å². The predicted molar refractivity (Wildman–Crippen MR) is 44.2 cm³/mol. The molecule has 2 fully saturated rings. The highest BCUT2D eigenvalue weighted by atomic mass is 16.5. The molecular weight excluding hydrogens is 154 g/mol. The lowest BCUT2D eigenvalue weighted by atomic mass is 9.94. The summed E-state index contributed by atoms with van der Waals surface area (Å²) in [7, 11) is 0. The quantitative estimate of drug-likeness (QED) is 0.552. The van der Waals surface area contributed by atoms with Gasteiger partial charge in [-0.25, -0.2) is 0 Å². The third-order valence-corrected chi connectivity index (χ3v) is 2.43. The number of carbonyl (C=O) groups excluding carboxylic acids is 1. The van der Waals surface area contributed by atoms with Crippen LogP contribution in [0.15, 0.2) is 11.3 Å². The first-order chi connectivity index (χ1) is 5.88. The van der Waals surface area contributed by atoms with Crippen LogP contribution in [0.5, 0.6) is 0 Å². The van der Waals surface area contributed by atoms with Gasteiger partial charge in [0, 0.05) is 0 Å². The summed E-state index contributed by atoms with van der Waals surface area (Å²) in [4.78, 5) is 11.2. The summed E-state index contributed by atoms with van der Waals surface area (Å²) in [6, 6.07) is 0. The minimum atomic E-state index is -0.0214. The molecule has 1 amide bonds. The minimum absolute atomic E-state index is 0.0214. The van der Waals surface area contributed by atoms with E-state index in [-0.39, 0.29) is 5.91 Å². The SMILES string of the molecule is O=C1NCOC1=C1CCCCC1. The van der Waals surface area contributed by atoms with E-state index in [1.807, 2.05) is 0 Å². The Labute approximate surface area is 71.8 Å². The van der Waals surface area contributed by atoms with Gasteiger partial charge in [-0.1, -0.05) is 6.42 Å². The minimum Gasteiger partial charge on any atom is -0.468 e. The second-order valence-electron chi connectivity index (χ2n) is 3.29. The number of rotatable bonds is 0. The molecule has 0 bridgehead atoms. The van der Waals surface area contributed by atoms with Crippen LogP contribution in [-0.2, 0) is 9.53 Å². The van der Waals surface area contributed by atoms with Gasteiger partial charge in [-0.15, -0.1) is 0 Å². The first-order valence-corrected chi connectivity index (χ1v) is 4.51. The summed E-state index contributed by atoms with van der Waals surface area (Å²) in [6.45, 7) is 0.359. The van der Waals surface area contributed by atoms with Crippen LogP contribution in [0.4, 0.5) is 0 Å². The van der Waals surface area contributed by atoms with E-state index in [0.717, 1.165) is 12.8 Å². The lowest BCUT2D eigenvalue weighted by molar-refractivity contribution is -0.116. The fourth-order valence-electron chi connectivity index (χ4n) is 1.79. The van der Waals surface area contributed by atoms with Crippen molar-refractivity contribution in [2.45, 2.75) is 32.1 Å². The Hall–Kier alpha value is -0.990. The van der Waals surface area contributed by atoms with E-state index in [1.54, 1.807) is 0 Å². The number of allylic oxidation sites excluding steroid dienone is 1. The maximum absolute atomic E-state index is 11.2. The normalized spacial score (nSPS) is 23.8. The largest absolute Gasteiger partial charge is 0.468 e. The van der Waals surface area contributed by atoms with Gasteiger partial charge in [0.25, 0.3) is 5.91 Å². The first kappa shape index (κ1) is 7.65. The van der Waals surface area contributed by atoms with Crippen molar-refractivity contribution in [2.24, 2.45) is 0 Å². The van der Waals surface area contributed by atoms with E-state index < -0.39 is 0 Å².